The van der Waals surface area contributed by atoms with Crippen LogP contribution >= 0.6 is 12.6 Å². The molecule has 0 aromatic heterocycles. The Labute approximate surface area is 263 Å². The Bertz CT molecular complexity index is 1140. The lowest BCUT2D eigenvalue weighted by Gasteiger charge is -2.32. The maximum Gasteiger partial charge on any atom is 0.416 e. The molecular weight excluding hydrogens is 601 g/mol. The number of rotatable bonds is 12. The molecule has 2 aromatic rings. The van der Waals surface area contributed by atoms with Gasteiger partial charge in [-0.15, -0.1) is 0 Å². The van der Waals surface area contributed by atoms with Crippen molar-refractivity contribution >= 4 is 25.6 Å². The molecule has 12 heteroatoms. The molecular formula is C32H46F5N3O3S. The van der Waals surface area contributed by atoms with Crippen molar-refractivity contribution in [2.24, 2.45) is 4.99 Å². The van der Waals surface area contributed by atoms with E-state index in [1.54, 1.807) is 13.1 Å². The molecule has 0 aliphatic carbocycles. The average molecular weight is 648 g/mol. The molecule has 1 heterocycles. The van der Waals surface area contributed by atoms with E-state index >= 15 is 0 Å². The standard InChI is InChI=1S/C19H17F5O3S.C11H24N2.C2H5N/c1-18(20,21)15-8-13(19(22,23)24)4-3-12(15)10-27-17-5-2-11(7-16(17)26)6-14(28)9-25;1-3-4-5-6-7-13-10-8-12(2)9-11-13;1-3-2/h2-5,7-9,14,26,28H,6,10H2,1H3;3-11H2,1-2H3;1H2,2H3. The first kappa shape index (κ1) is 39.3. The van der Waals surface area contributed by atoms with Crippen molar-refractivity contribution in [3.8, 4) is 11.5 Å². The van der Waals surface area contributed by atoms with Crippen LogP contribution in [0.1, 0.15) is 61.8 Å². The zero-order chi connectivity index (χ0) is 33.3. The van der Waals surface area contributed by atoms with Gasteiger partial charge in [-0.1, -0.05) is 38.3 Å². The van der Waals surface area contributed by atoms with Gasteiger partial charge in [0, 0.05) is 45.7 Å². The summed E-state index contributed by atoms with van der Waals surface area (Å²) >= 11 is 4.03. The number of hydrogen-bond acceptors (Lipinski definition) is 7. The molecule has 3 rings (SSSR count). The van der Waals surface area contributed by atoms with Crippen LogP contribution in [0.4, 0.5) is 22.0 Å². The van der Waals surface area contributed by atoms with Crippen LogP contribution in [0.2, 0.25) is 0 Å². The fourth-order valence-corrected chi connectivity index (χ4v) is 4.59. The van der Waals surface area contributed by atoms with Crippen LogP contribution in [0.25, 0.3) is 0 Å². The minimum absolute atomic E-state index is 0.0316. The molecule has 0 spiro atoms. The SMILES string of the molecule is C=NC.CC(F)(F)c1cc(C(F)(F)F)ccc1COc1ccc(CC(S)C=O)cc1O.CCCCCCN1CCN(C)CC1. The minimum atomic E-state index is -4.75. The summed E-state index contributed by atoms with van der Waals surface area (Å²) in [4.78, 5) is 18.9. The fourth-order valence-electron chi connectivity index (χ4n) is 4.38. The van der Waals surface area contributed by atoms with Gasteiger partial charge in [0.15, 0.2) is 11.5 Å². The maximum atomic E-state index is 13.8. The first-order valence-electron chi connectivity index (χ1n) is 14.6. The molecule has 1 aliphatic heterocycles. The third-order valence-corrected chi connectivity index (χ3v) is 7.15. The molecule has 248 valence electrons. The molecule has 2 aromatic carbocycles. The van der Waals surface area contributed by atoms with E-state index in [0.717, 1.165) is 6.07 Å². The number of carbonyl (C=O) groups is 1. The van der Waals surface area contributed by atoms with Gasteiger partial charge in [-0.2, -0.15) is 25.8 Å². The van der Waals surface area contributed by atoms with Gasteiger partial charge in [0.2, 0.25) is 0 Å². The Kier molecular flexibility index (Phi) is 17.6. The van der Waals surface area contributed by atoms with Crippen LogP contribution < -0.4 is 4.74 Å². The van der Waals surface area contributed by atoms with Gasteiger partial charge in [0.05, 0.1) is 10.8 Å². The summed E-state index contributed by atoms with van der Waals surface area (Å²) in [6.07, 6.45) is 1.74. The number of phenols is 1. The summed E-state index contributed by atoms with van der Waals surface area (Å²) in [5.41, 5.74) is -1.52. The molecule has 1 unspecified atom stereocenters. The second-order valence-corrected chi connectivity index (χ2v) is 11.4. The van der Waals surface area contributed by atoms with Crippen LogP contribution in [-0.2, 0) is 29.9 Å². The largest absolute Gasteiger partial charge is 0.504 e. The molecule has 1 saturated heterocycles. The first-order valence-corrected chi connectivity index (χ1v) is 15.1. The highest BCUT2D eigenvalue weighted by molar-refractivity contribution is 7.81. The second-order valence-electron chi connectivity index (χ2n) is 10.8. The number of piperazine rings is 1. The van der Waals surface area contributed by atoms with E-state index in [0.29, 0.717) is 30.9 Å². The van der Waals surface area contributed by atoms with Crippen molar-refractivity contribution in [1.82, 2.24) is 9.80 Å². The number of benzene rings is 2. The summed E-state index contributed by atoms with van der Waals surface area (Å²) in [5, 5.41) is 9.45. The summed E-state index contributed by atoms with van der Waals surface area (Å²) in [6, 6.07) is 6.30. The number of unbranched alkanes of at least 4 members (excludes halogenated alkanes) is 3. The molecule has 44 heavy (non-hydrogen) atoms. The minimum Gasteiger partial charge on any atom is -0.504 e. The smallest absolute Gasteiger partial charge is 0.416 e. The van der Waals surface area contributed by atoms with E-state index in [9.17, 15) is 31.9 Å². The molecule has 6 nitrogen and oxygen atoms in total. The highest BCUT2D eigenvalue weighted by Crippen LogP contribution is 2.37. The molecule has 0 radical (unpaired) electrons. The third kappa shape index (κ3) is 14.9. The second kappa shape index (κ2) is 19.6. The zero-order valence-corrected chi connectivity index (χ0v) is 26.9. The number of alkyl halides is 5. The normalized spacial score (nSPS) is 14.9. The lowest BCUT2D eigenvalue weighted by atomic mass is 9.99. The quantitative estimate of drug-likeness (QED) is 0.0834. The van der Waals surface area contributed by atoms with Crippen molar-refractivity contribution in [3.05, 3.63) is 58.7 Å². The number of aldehydes is 1. The monoisotopic (exact) mass is 647 g/mol. The number of ether oxygens (including phenoxy) is 1. The van der Waals surface area contributed by atoms with E-state index in [-0.39, 0.29) is 23.5 Å². The Morgan fingerprint density at radius 2 is 1.70 bits per heavy atom. The van der Waals surface area contributed by atoms with Gasteiger partial charge in [0.25, 0.3) is 5.92 Å². The van der Waals surface area contributed by atoms with Crippen molar-refractivity contribution in [2.45, 2.75) is 69.9 Å². The number of thiol groups is 1. The van der Waals surface area contributed by atoms with Gasteiger partial charge in [-0.05, 0) is 68.5 Å². The van der Waals surface area contributed by atoms with Crippen LogP contribution in [0, 0.1) is 0 Å². The summed E-state index contributed by atoms with van der Waals surface area (Å²) in [7, 11) is 3.86. The molecule has 0 saturated carbocycles. The number of phenolic OH excluding ortho intramolecular Hbond substituents is 1. The van der Waals surface area contributed by atoms with Crippen LogP contribution in [0.15, 0.2) is 41.4 Å². The average Bonchev–Trinajstić information content (AvgIpc) is 2.95. The molecule has 1 aliphatic rings. The Balaban J connectivity index is 0.000000502. The fraction of sp³-hybridized carbons (Fsp3) is 0.562. The topological polar surface area (TPSA) is 65.4 Å². The predicted octanol–water partition coefficient (Wildman–Crippen LogP) is 7.27. The van der Waals surface area contributed by atoms with Gasteiger partial charge in [-0.3, -0.25) is 0 Å². The third-order valence-electron chi connectivity index (χ3n) is 6.84. The zero-order valence-electron chi connectivity index (χ0n) is 26.0. The number of hydrogen-bond donors (Lipinski definition) is 2. The van der Waals surface area contributed by atoms with Crippen molar-refractivity contribution < 1.29 is 36.6 Å². The maximum absolute atomic E-state index is 13.8. The van der Waals surface area contributed by atoms with Crippen LogP contribution in [0.5, 0.6) is 11.5 Å². The predicted molar refractivity (Wildman–Crippen MR) is 170 cm³/mol. The van der Waals surface area contributed by atoms with Gasteiger partial charge in [0.1, 0.15) is 12.9 Å². The molecule has 1 fully saturated rings. The molecule has 1 N–H and O–H groups in total. The Morgan fingerprint density at radius 1 is 1.07 bits per heavy atom. The number of halogens is 5. The number of aliphatic imine (C=N–C) groups is 1. The van der Waals surface area contributed by atoms with E-state index in [1.807, 2.05) is 0 Å². The van der Waals surface area contributed by atoms with Gasteiger partial charge >= 0.3 is 6.18 Å². The van der Waals surface area contributed by atoms with Gasteiger partial charge in [-0.25, -0.2) is 8.78 Å². The number of likely N-dealkylation sites (N-methyl/N-ethyl adjacent to an activating group) is 1. The number of carbonyl (C=O) groups excluding carboxylic acids is 1. The first-order chi connectivity index (χ1) is 20.7. The van der Waals surface area contributed by atoms with Gasteiger partial charge < -0.3 is 29.4 Å². The highest BCUT2D eigenvalue weighted by Gasteiger charge is 2.35. The van der Waals surface area contributed by atoms with Crippen LogP contribution in [0.3, 0.4) is 0 Å². The highest BCUT2D eigenvalue weighted by atomic mass is 32.1. The van der Waals surface area contributed by atoms with Crippen molar-refractivity contribution in [3.63, 3.8) is 0 Å². The summed E-state index contributed by atoms with van der Waals surface area (Å²) in [6.45, 7) is 11.8. The van der Waals surface area contributed by atoms with E-state index in [4.69, 9.17) is 4.74 Å². The lowest BCUT2D eigenvalue weighted by Crippen LogP contribution is -2.44. The molecule has 0 bridgehead atoms. The Morgan fingerprint density at radius 3 is 2.23 bits per heavy atom. The van der Waals surface area contributed by atoms with Crippen molar-refractivity contribution in [2.75, 3.05) is 46.8 Å². The van der Waals surface area contributed by atoms with Crippen molar-refractivity contribution in [1.29, 1.82) is 0 Å². The van der Waals surface area contributed by atoms with E-state index in [2.05, 4.69) is 48.1 Å². The summed E-state index contributed by atoms with van der Waals surface area (Å²) in [5.74, 6) is -3.83. The molecule has 1 atom stereocenters. The Hall–Kier alpha value is -2.70. The van der Waals surface area contributed by atoms with E-state index < -0.39 is 35.1 Å². The van der Waals surface area contributed by atoms with Crippen LogP contribution in [-0.4, -0.2) is 80.0 Å². The number of aromatic hydroxyl groups is 1. The number of nitrogens with zero attached hydrogens (tertiary/aromatic N) is 3. The lowest BCUT2D eigenvalue weighted by molar-refractivity contribution is -0.137. The summed E-state index contributed by atoms with van der Waals surface area (Å²) < 4.78 is 71.3. The van der Waals surface area contributed by atoms with E-state index in [1.165, 1.54) is 70.5 Å². The molecule has 0 amide bonds.